The second-order valence-electron chi connectivity index (χ2n) is 4.92. The van der Waals surface area contributed by atoms with Gasteiger partial charge in [0.2, 0.25) is 0 Å². The van der Waals surface area contributed by atoms with Gasteiger partial charge in [0.1, 0.15) is 0 Å². The van der Waals surface area contributed by atoms with E-state index in [1.165, 1.54) is 0 Å². The van der Waals surface area contributed by atoms with E-state index in [4.69, 9.17) is 10.5 Å². The van der Waals surface area contributed by atoms with Crippen LogP contribution < -0.4 is 5.73 Å². The molecule has 1 rings (SSSR count). The molecule has 0 aliphatic heterocycles. The van der Waals surface area contributed by atoms with E-state index < -0.39 is 5.54 Å². The number of rotatable bonds is 7. The van der Waals surface area contributed by atoms with Gasteiger partial charge in [-0.05, 0) is 17.9 Å². The molecule has 17 heavy (non-hydrogen) atoms. The molecule has 0 aromatic heterocycles. The lowest BCUT2D eigenvalue weighted by Crippen LogP contribution is -2.45. The fraction of sp³-hybridized carbons (Fsp3) is 0.571. The molecule has 0 saturated heterocycles. The van der Waals surface area contributed by atoms with Crippen molar-refractivity contribution >= 4 is 0 Å². The van der Waals surface area contributed by atoms with E-state index >= 15 is 0 Å². The van der Waals surface area contributed by atoms with Gasteiger partial charge in [0.15, 0.2) is 0 Å². The van der Waals surface area contributed by atoms with Gasteiger partial charge in [-0.15, -0.1) is 0 Å². The van der Waals surface area contributed by atoms with Gasteiger partial charge in [-0.2, -0.15) is 0 Å². The van der Waals surface area contributed by atoms with E-state index in [1.54, 1.807) is 0 Å². The summed E-state index contributed by atoms with van der Waals surface area (Å²) in [6.07, 6.45) is 1.01. The summed E-state index contributed by atoms with van der Waals surface area (Å²) >= 11 is 0. The number of hydrogen-bond donors (Lipinski definition) is 2. The Labute approximate surface area is 104 Å². The smallest absolute Gasteiger partial charge is 0.0881 e. The summed E-state index contributed by atoms with van der Waals surface area (Å²) in [4.78, 5) is 0. The van der Waals surface area contributed by atoms with Crippen LogP contribution in [0.5, 0.6) is 0 Å². The van der Waals surface area contributed by atoms with Crippen molar-refractivity contribution in [2.45, 2.75) is 25.8 Å². The van der Waals surface area contributed by atoms with Crippen LogP contribution in [0.2, 0.25) is 0 Å². The maximum absolute atomic E-state index is 9.44. The zero-order valence-corrected chi connectivity index (χ0v) is 10.7. The fourth-order valence-electron chi connectivity index (χ4n) is 1.56. The molecule has 96 valence electrons. The van der Waals surface area contributed by atoms with E-state index in [1.807, 2.05) is 30.3 Å². The molecule has 0 radical (unpaired) electrons. The highest BCUT2D eigenvalue weighted by Gasteiger charge is 2.26. The number of aliphatic hydroxyl groups excluding tert-OH is 1. The summed E-state index contributed by atoms with van der Waals surface area (Å²) in [7, 11) is 0. The molecule has 1 unspecified atom stereocenters. The van der Waals surface area contributed by atoms with Crippen molar-refractivity contribution in [2.24, 2.45) is 11.7 Å². The normalized spacial score (nSPS) is 14.9. The van der Waals surface area contributed by atoms with Crippen molar-refractivity contribution in [3.63, 3.8) is 0 Å². The molecular formula is C14H23NO2. The zero-order chi connectivity index (χ0) is 12.7. The average Bonchev–Trinajstić information content (AvgIpc) is 2.35. The van der Waals surface area contributed by atoms with Crippen molar-refractivity contribution in [2.75, 3.05) is 19.8 Å². The Morgan fingerprint density at radius 2 is 1.94 bits per heavy atom. The third kappa shape index (κ3) is 4.46. The summed E-state index contributed by atoms with van der Waals surface area (Å²) in [5.74, 6) is 0.619. The Morgan fingerprint density at radius 3 is 2.47 bits per heavy atom. The first-order valence-electron chi connectivity index (χ1n) is 6.11. The van der Waals surface area contributed by atoms with Crippen LogP contribution in [0.15, 0.2) is 30.3 Å². The minimum atomic E-state index is -0.793. The minimum absolute atomic E-state index is 0.112. The second-order valence-corrected chi connectivity index (χ2v) is 4.92. The van der Waals surface area contributed by atoms with E-state index in [9.17, 15) is 5.11 Å². The molecule has 1 aromatic carbocycles. The first-order chi connectivity index (χ1) is 8.08. The maximum atomic E-state index is 9.44. The van der Waals surface area contributed by atoms with Gasteiger partial charge in [0.05, 0.1) is 18.8 Å². The van der Waals surface area contributed by atoms with Crippen LogP contribution in [0, 0.1) is 5.92 Å². The molecule has 0 fully saturated rings. The van der Waals surface area contributed by atoms with Crippen molar-refractivity contribution < 1.29 is 9.84 Å². The predicted molar refractivity (Wildman–Crippen MR) is 69.7 cm³/mol. The number of ether oxygens (including phenoxy) is 1. The average molecular weight is 237 g/mol. The molecule has 3 nitrogen and oxygen atoms in total. The fourth-order valence-corrected chi connectivity index (χ4v) is 1.56. The van der Waals surface area contributed by atoms with Crippen LogP contribution in [0.4, 0.5) is 0 Å². The quantitative estimate of drug-likeness (QED) is 0.712. The molecule has 3 heteroatoms. The van der Waals surface area contributed by atoms with Gasteiger partial charge in [0, 0.05) is 6.61 Å². The zero-order valence-electron chi connectivity index (χ0n) is 10.7. The highest BCUT2D eigenvalue weighted by molar-refractivity contribution is 5.24. The summed E-state index contributed by atoms with van der Waals surface area (Å²) < 4.78 is 5.57. The second kappa shape index (κ2) is 6.74. The van der Waals surface area contributed by atoms with Crippen LogP contribution in [0.3, 0.4) is 0 Å². The summed E-state index contributed by atoms with van der Waals surface area (Å²) in [6.45, 7) is 5.23. The molecule has 0 amide bonds. The third-order valence-electron chi connectivity index (χ3n) is 2.83. The van der Waals surface area contributed by atoms with Crippen molar-refractivity contribution in [1.29, 1.82) is 0 Å². The van der Waals surface area contributed by atoms with Crippen molar-refractivity contribution in [3.05, 3.63) is 35.9 Å². The number of benzene rings is 1. The highest BCUT2D eigenvalue weighted by atomic mass is 16.5. The van der Waals surface area contributed by atoms with Gasteiger partial charge in [-0.1, -0.05) is 44.2 Å². The largest absolute Gasteiger partial charge is 0.394 e. The first-order valence-corrected chi connectivity index (χ1v) is 6.11. The molecule has 0 saturated carbocycles. The molecule has 0 spiro atoms. The standard InChI is InChI=1S/C14H23NO2/c1-12(2)8-9-17-11-14(15,10-16)13-6-4-3-5-7-13/h3-7,12,16H,8-11,15H2,1-2H3. The lowest BCUT2D eigenvalue weighted by Gasteiger charge is -2.27. The number of hydrogen-bond acceptors (Lipinski definition) is 3. The molecule has 3 N–H and O–H groups in total. The lowest BCUT2D eigenvalue weighted by molar-refractivity contribution is 0.0486. The lowest BCUT2D eigenvalue weighted by atomic mass is 9.93. The summed E-state index contributed by atoms with van der Waals surface area (Å²) in [6, 6.07) is 9.60. The maximum Gasteiger partial charge on any atom is 0.0881 e. The Hall–Kier alpha value is -0.900. The van der Waals surface area contributed by atoms with Crippen molar-refractivity contribution in [1.82, 2.24) is 0 Å². The van der Waals surface area contributed by atoms with Crippen molar-refractivity contribution in [3.8, 4) is 0 Å². The SMILES string of the molecule is CC(C)CCOCC(N)(CO)c1ccccc1. The summed E-state index contributed by atoms with van der Waals surface area (Å²) in [5.41, 5.74) is 6.28. The van der Waals surface area contributed by atoms with Crippen LogP contribution in [0.25, 0.3) is 0 Å². The van der Waals surface area contributed by atoms with Gasteiger partial charge >= 0.3 is 0 Å². The molecule has 0 aliphatic rings. The Morgan fingerprint density at radius 1 is 1.29 bits per heavy atom. The molecule has 0 bridgehead atoms. The molecular weight excluding hydrogens is 214 g/mol. The first kappa shape index (κ1) is 14.2. The van der Waals surface area contributed by atoms with E-state index in [0.717, 1.165) is 12.0 Å². The number of nitrogens with two attached hydrogens (primary N) is 1. The monoisotopic (exact) mass is 237 g/mol. The molecule has 0 heterocycles. The summed E-state index contributed by atoms with van der Waals surface area (Å²) in [5, 5.41) is 9.44. The Balaban J connectivity index is 2.52. The van der Waals surface area contributed by atoms with E-state index in [2.05, 4.69) is 13.8 Å². The molecule has 1 aromatic rings. The minimum Gasteiger partial charge on any atom is -0.394 e. The number of aliphatic hydroxyl groups is 1. The van der Waals surface area contributed by atoms with Gasteiger partial charge in [-0.3, -0.25) is 0 Å². The van der Waals surface area contributed by atoms with E-state index in [0.29, 0.717) is 19.1 Å². The third-order valence-corrected chi connectivity index (χ3v) is 2.83. The van der Waals surface area contributed by atoms with Crippen LogP contribution in [0.1, 0.15) is 25.8 Å². The van der Waals surface area contributed by atoms with Crippen LogP contribution >= 0.6 is 0 Å². The van der Waals surface area contributed by atoms with Gasteiger partial charge in [-0.25, -0.2) is 0 Å². The molecule has 1 atom stereocenters. The predicted octanol–water partition coefficient (Wildman–Crippen LogP) is 1.90. The Kier molecular flexibility index (Phi) is 5.62. The van der Waals surface area contributed by atoms with Crippen LogP contribution in [-0.4, -0.2) is 24.9 Å². The molecule has 0 aliphatic carbocycles. The Bertz CT molecular complexity index is 313. The highest BCUT2D eigenvalue weighted by Crippen LogP contribution is 2.18. The van der Waals surface area contributed by atoms with Crippen LogP contribution in [-0.2, 0) is 10.3 Å². The van der Waals surface area contributed by atoms with Gasteiger partial charge < -0.3 is 15.6 Å². The van der Waals surface area contributed by atoms with E-state index in [-0.39, 0.29) is 6.61 Å². The van der Waals surface area contributed by atoms with Gasteiger partial charge in [0.25, 0.3) is 0 Å². The topological polar surface area (TPSA) is 55.5 Å².